The monoisotopic (exact) mass is 235 g/mol. The van der Waals surface area contributed by atoms with Gasteiger partial charge < -0.3 is 5.73 Å². The summed E-state index contributed by atoms with van der Waals surface area (Å²) >= 11 is 0. The minimum atomic E-state index is 0.608. The van der Waals surface area contributed by atoms with Gasteiger partial charge >= 0.3 is 0 Å². The van der Waals surface area contributed by atoms with Crippen molar-refractivity contribution in [2.75, 3.05) is 18.8 Å². The zero-order valence-electron chi connectivity index (χ0n) is 11.5. The van der Waals surface area contributed by atoms with Crippen LogP contribution in [0.5, 0.6) is 0 Å². The third-order valence-corrected chi connectivity index (χ3v) is 2.50. The van der Waals surface area contributed by atoms with Gasteiger partial charge in [-0.2, -0.15) is 0 Å². The maximum absolute atomic E-state index is 5.71. The summed E-state index contributed by atoms with van der Waals surface area (Å²) in [7, 11) is 0. The lowest BCUT2D eigenvalue weighted by Crippen LogP contribution is -2.30. The van der Waals surface area contributed by atoms with E-state index in [-0.39, 0.29) is 0 Å². The van der Waals surface area contributed by atoms with Gasteiger partial charge in [-0.1, -0.05) is 27.7 Å². The molecule has 0 saturated carbocycles. The molecule has 0 radical (unpaired) electrons. The van der Waals surface area contributed by atoms with E-state index >= 15 is 0 Å². The largest absolute Gasteiger partial charge is 0.384 e. The van der Waals surface area contributed by atoms with Crippen LogP contribution in [0.1, 0.15) is 33.3 Å². The molecule has 0 aliphatic carbocycles. The van der Waals surface area contributed by atoms with E-state index in [1.807, 2.05) is 12.1 Å². The van der Waals surface area contributed by atoms with Crippen LogP contribution < -0.4 is 5.73 Å². The van der Waals surface area contributed by atoms with Gasteiger partial charge in [-0.25, -0.2) is 4.98 Å². The van der Waals surface area contributed by atoms with Gasteiger partial charge in [-0.05, 0) is 29.5 Å². The Hall–Kier alpha value is -1.09. The number of rotatable bonds is 6. The van der Waals surface area contributed by atoms with Crippen LogP contribution in [0, 0.1) is 11.8 Å². The average Bonchev–Trinajstić information content (AvgIpc) is 2.14. The quantitative estimate of drug-likeness (QED) is 0.824. The van der Waals surface area contributed by atoms with Gasteiger partial charge in [-0.3, -0.25) is 4.90 Å². The molecule has 0 spiro atoms. The van der Waals surface area contributed by atoms with Crippen molar-refractivity contribution in [2.45, 2.75) is 34.2 Å². The lowest BCUT2D eigenvalue weighted by Gasteiger charge is -2.26. The molecule has 0 unspecified atom stereocenters. The predicted molar refractivity (Wildman–Crippen MR) is 73.6 cm³/mol. The van der Waals surface area contributed by atoms with Crippen LogP contribution in [-0.2, 0) is 6.54 Å². The fourth-order valence-corrected chi connectivity index (χ4v) is 2.09. The van der Waals surface area contributed by atoms with Crippen molar-refractivity contribution in [3.63, 3.8) is 0 Å². The number of hydrogen-bond donors (Lipinski definition) is 1. The van der Waals surface area contributed by atoms with Crippen LogP contribution in [0.3, 0.4) is 0 Å². The van der Waals surface area contributed by atoms with Crippen molar-refractivity contribution in [3.05, 3.63) is 23.9 Å². The molecule has 0 aliphatic heterocycles. The molecular weight excluding hydrogens is 210 g/mol. The molecule has 0 aromatic carbocycles. The van der Waals surface area contributed by atoms with Crippen LogP contribution in [0.4, 0.5) is 5.82 Å². The molecule has 0 bridgehead atoms. The van der Waals surface area contributed by atoms with E-state index in [4.69, 9.17) is 5.73 Å². The molecule has 17 heavy (non-hydrogen) atoms. The SMILES string of the molecule is CC(C)CN(Cc1ccnc(N)c1)CC(C)C. The summed E-state index contributed by atoms with van der Waals surface area (Å²) in [5, 5.41) is 0. The molecule has 0 aliphatic rings. The Morgan fingerprint density at radius 1 is 1.18 bits per heavy atom. The summed E-state index contributed by atoms with van der Waals surface area (Å²) in [5.41, 5.74) is 6.96. The Morgan fingerprint density at radius 2 is 1.76 bits per heavy atom. The molecule has 0 amide bonds. The smallest absolute Gasteiger partial charge is 0.123 e. The third kappa shape index (κ3) is 5.68. The van der Waals surface area contributed by atoms with Gasteiger partial charge in [-0.15, -0.1) is 0 Å². The molecule has 1 heterocycles. The number of nitrogen functional groups attached to an aromatic ring is 1. The van der Waals surface area contributed by atoms with Crippen molar-refractivity contribution >= 4 is 5.82 Å². The summed E-state index contributed by atoms with van der Waals surface area (Å²) in [4.78, 5) is 6.52. The summed E-state index contributed by atoms with van der Waals surface area (Å²) in [5.74, 6) is 1.98. The molecule has 0 atom stereocenters. The Labute approximate surface area is 105 Å². The second kappa shape index (κ2) is 6.60. The van der Waals surface area contributed by atoms with Crippen molar-refractivity contribution in [2.24, 2.45) is 11.8 Å². The third-order valence-electron chi connectivity index (χ3n) is 2.50. The highest BCUT2D eigenvalue weighted by molar-refractivity contribution is 5.31. The average molecular weight is 235 g/mol. The van der Waals surface area contributed by atoms with Gasteiger partial charge in [0.1, 0.15) is 5.82 Å². The van der Waals surface area contributed by atoms with Gasteiger partial charge in [0.15, 0.2) is 0 Å². The van der Waals surface area contributed by atoms with E-state index in [1.165, 1.54) is 5.56 Å². The van der Waals surface area contributed by atoms with Gasteiger partial charge in [0, 0.05) is 25.8 Å². The van der Waals surface area contributed by atoms with E-state index < -0.39 is 0 Å². The van der Waals surface area contributed by atoms with Crippen LogP contribution in [0.25, 0.3) is 0 Å². The summed E-state index contributed by atoms with van der Waals surface area (Å²) < 4.78 is 0. The first-order valence-electron chi connectivity index (χ1n) is 6.40. The highest BCUT2D eigenvalue weighted by Gasteiger charge is 2.10. The van der Waals surface area contributed by atoms with Crippen molar-refractivity contribution in [3.8, 4) is 0 Å². The normalized spacial score (nSPS) is 11.7. The van der Waals surface area contributed by atoms with Crippen molar-refractivity contribution < 1.29 is 0 Å². The number of nitrogens with two attached hydrogens (primary N) is 1. The number of pyridine rings is 1. The summed E-state index contributed by atoms with van der Waals surface area (Å²) in [6, 6.07) is 4.01. The van der Waals surface area contributed by atoms with Crippen LogP contribution in [0.2, 0.25) is 0 Å². The van der Waals surface area contributed by atoms with Crippen molar-refractivity contribution in [1.82, 2.24) is 9.88 Å². The van der Waals surface area contributed by atoms with E-state index in [9.17, 15) is 0 Å². The zero-order chi connectivity index (χ0) is 12.8. The van der Waals surface area contributed by atoms with E-state index in [0.29, 0.717) is 17.7 Å². The number of aromatic nitrogens is 1. The van der Waals surface area contributed by atoms with Crippen LogP contribution in [0.15, 0.2) is 18.3 Å². The molecule has 2 N–H and O–H groups in total. The first-order valence-corrected chi connectivity index (χ1v) is 6.40. The maximum Gasteiger partial charge on any atom is 0.123 e. The van der Waals surface area contributed by atoms with Gasteiger partial charge in [0.25, 0.3) is 0 Å². The maximum atomic E-state index is 5.71. The molecule has 1 aromatic heterocycles. The highest BCUT2D eigenvalue weighted by atomic mass is 15.1. The molecule has 1 aromatic rings. The van der Waals surface area contributed by atoms with Crippen molar-refractivity contribution in [1.29, 1.82) is 0 Å². The Bertz CT molecular complexity index is 324. The van der Waals surface area contributed by atoms with E-state index in [1.54, 1.807) is 6.20 Å². The van der Waals surface area contributed by atoms with Crippen LogP contribution >= 0.6 is 0 Å². The summed E-state index contributed by atoms with van der Waals surface area (Å²) in [6.45, 7) is 12.2. The van der Waals surface area contributed by atoms with Crippen LogP contribution in [-0.4, -0.2) is 23.0 Å². The molecular formula is C14H25N3. The number of nitrogens with zero attached hydrogens (tertiary/aromatic N) is 2. The Kier molecular flexibility index (Phi) is 5.42. The van der Waals surface area contributed by atoms with E-state index in [0.717, 1.165) is 19.6 Å². The molecule has 3 nitrogen and oxygen atoms in total. The Balaban J connectivity index is 2.64. The minimum absolute atomic E-state index is 0.608. The minimum Gasteiger partial charge on any atom is -0.384 e. The van der Waals surface area contributed by atoms with Gasteiger partial charge in [0.05, 0.1) is 0 Å². The standard InChI is InChI=1S/C14H25N3/c1-11(2)8-17(9-12(3)4)10-13-5-6-16-14(15)7-13/h5-7,11-12H,8-10H2,1-4H3,(H2,15,16). The Morgan fingerprint density at radius 3 is 2.24 bits per heavy atom. The highest BCUT2D eigenvalue weighted by Crippen LogP contribution is 2.11. The second-order valence-corrected chi connectivity index (χ2v) is 5.57. The molecule has 1 rings (SSSR count). The zero-order valence-corrected chi connectivity index (χ0v) is 11.5. The first-order chi connectivity index (χ1) is 7.97. The van der Waals surface area contributed by atoms with Gasteiger partial charge in [0.2, 0.25) is 0 Å². The predicted octanol–water partition coefficient (Wildman–Crippen LogP) is 2.78. The number of hydrogen-bond acceptors (Lipinski definition) is 3. The fourth-order valence-electron chi connectivity index (χ4n) is 2.09. The lowest BCUT2D eigenvalue weighted by molar-refractivity contribution is 0.211. The molecule has 3 heteroatoms. The first kappa shape index (κ1) is 14.0. The number of anilines is 1. The molecule has 0 fully saturated rings. The van der Waals surface area contributed by atoms with E-state index in [2.05, 4.69) is 37.6 Å². The fraction of sp³-hybridized carbons (Fsp3) is 0.643. The topological polar surface area (TPSA) is 42.2 Å². The second-order valence-electron chi connectivity index (χ2n) is 5.57. The molecule has 96 valence electrons. The summed E-state index contributed by atoms with van der Waals surface area (Å²) in [6.07, 6.45) is 1.79. The lowest BCUT2D eigenvalue weighted by atomic mass is 10.1. The molecule has 0 saturated heterocycles.